The molecule has 0 aliphatic heterocycles. The fourth-order valence-electron chi connectivity index (χ4n) is 2.75. The summed E-state index contributed by atoms with van der Waals surface area (Å²) in [4.78, 5) is 27.3. The number of halogens is 5. The molecule has 3 rings (SSSR count). The van der Waals surface area contributed by atoms with Crippen molar-refractivity contribution in [3.05, 3.63) is 61.9 Å². The maximum absolute atomic E-state index is 13.3. The first kappa shape index (κ1) is 18.8. The first-order valence-electron chi connectivity index (χ1n) is 7.70. The van der Waals surface area contributed by atoms with Crippen molar-refractivity contribution in [2.24, 2.45) is 0 Å². The van der Waals surface area contributed by atoms with Gasteiger partial charge in [0.1, 0.15) is 11.0 Å². The van der Waals surface area contributed by atoms with E-state index < -0.39 is 46.1 Å². The van der Waals surface area contributed by atoms with Crippen LogP contribution in [0, 0.1) is 0 Å². The van der Waals surface area contributed by atoms with Crippen molar-refractivity contribution in [3.63, 3.8) is 0 Å². The highest BCUT2D eigenvalue weighted by atomic mass is 19.4. The number of H-pyrrole nitrogens is 2. The van der Waals surface area contributed by atoms with Crippen LogP contribution in [0.4, 0.5) is 22.0 Å². The molecule has 0 radical (unpaired) electrons. The van der Waals surface area contributed by atoms with Gasteiger partial charge >= 0.3 is 11.9 Å². The lowest BCUT2D eigenvalue weighted by atomic mass is 10.0. The number of benzene rings is 1. The Morgan fingerprint density at radius 1 is 1.04 bits per heavy atom. The lowest BCUT2D eigenvalue weighted by Crippen LogP contribution is -2.24. The Balaban J connectivity index is 2.19. The summed E-state index contributed by atoms with van der Waals surface area (Å²) in [6, 6.07) is 4.07. The predicted molar refractivity (Wildman–Crippen MR) is 85.8 cm³/mol. The van der Waals surface area contributed by atoms with E-state index in [4.69, 9.17) is 0 Å². The van der Waals surface area contributed by atoms with E-state index in [0.717, 1.165) is 23.7 Å². The number of aromatic nitrogens is 4. The third kappa shape index (κ3) is 3.36. The minimum absolute atomic E-state index is 0.260. The summed E-state index contributed by atoms with van der Waals surface area (Å²) in [5.41, 5.74) is -3.96. The molecule has 27 heavy (non-hydrogen) atoms. The molecule has 1 atom stereocenters. The molecular formula is C16H13F5N4O2. The maximum Gasteiger partial charge on any atom is 0.436 e. The van der Waals surface area contributed by atoms with Crippen molar-refractivity contribution in [3.8, 4) is 0 Å². The molecule has 1 aromatic carbocycles. The third-order valence-electron chi connectivity index (χ3n) is 4.13. The number of fused-ring (bicyclic) bond motifs is 1. The SMILES string of the molecule is C[C@@H](c1ccc(C(C)(F)F)cc1)n1nc(C(F)(F)F)c2c(=O)[nH]c(=O)[nH]c21. The lowest BCUT2D eigenvalue weighted by Gasteiger charge is -2.16. The number of nitrogens with zero attached hydrogens (tertiary/aromatic N) is 2. The molecule has 2 aromatic heterocycles. The first-order valence-corrected chi connectivity index (χ1v) is 7.70. The second-order valence-corrected chi connectivity index (χ2v) is 6.11. The van der Waals surface area contributed by atoms with Crippen LogP contribution >= 0.6 is 0 Å². The molecule has 11 heteroatoms. The lowest BCUT2D eigenvalue weighted by molar-refractivity contribution is -0.140. The molecule has 0 unspecified atom stereocenters. The van der Waals surface area contributed by atoms with Gasteiger partial charge in [-0.25, -0.2) is 18.3 Å². The molecule has 0 saturated carbocycles. The molecule has 0 bridgehead atoms. The van der Waals surface area contributed by atoms with E-state index in [1.807, 2.05) is 0 Å². The van der Waals surface area contributed by atoms with E-state index in [-0.39, 0.29) is 5.56 Å². The highest BCUT2D eigenvalue weighted by Gasteiger charge is 2.39. The zero-order valence-corrected chi connectivity index (χ0v) is 14.0. The minimum Gasteiger partial charge on any atom is -0.291 e. The summed E-state index contributed by atoms with van der Waals surface area (Å²) in [7, 11) is 0. The normalized spacial score (nSPS) is 13.9. The second kappa shape index (κ2) is 6.03. The van der Waals surface area contributed by atoms with Crippen LogP contribution in [0.1, 0.15) is 36.7 Å². The monoisotopic (exact) mass is 388 g/mol. The average Bonchev–Trinajstić information content (AvgIpc) is 2.93. The Hall–Kier alpha value is -2.98. The van der Waals surface area contributed by atoms with Gasteiger partial charge in [-0.15, -0.1) is 0 Å². The fourth-order valence-corrected chi connectivity index (χ4v) is 2.75. The summed E-state index contributed by atoms with van der Waals surface area (Å²) < 4.78 is 67.3. The average molecular weight is 388 g/mol. The zero-order chi connectivity index (χ0) is 20.1. The molecular weight excluding hydrogens is 375 g/mol. The predicted octanol–water partition coefficient (Wildman–Crippen LogP) is 3.15. The number of rotatable bonds is 3. The van der Waals surface area contributed by atoms with E-state index in [0.29, 0.717) is 5.56 Å². The summed E-state index contributed by atoms with van der Waals surface area (Å²) in [6.45, 7) is 2.18. The summed E-state index contributed by atoms with van der Waals surface area (Å²) in [5, 5.41) is 2.66. The van der Waals surface area contributed by atoms with Gasteiger partial charge in [-0.05, 0) is 12.5 Å². The Morgan fingerprint density at radius 3 is 2.15 bits per heavy atom. The minimum atomic E-state index is -4.93. The standard InChI is InChI=1S/C16H13F5N4O2/c1-7(8-3-5-9(6-4-8)15(2,17)18)25-12-10(11(24-25)16(19,20)21)13(26)23-14(27)22-12/h3-7H,1-2H3,(H2,22,23,26,27)/t7-/m0/s1. The largest absolute Gasteiger partial charge is 0.436 e. The van der Waals surface area contributed by atoms with Gasteiger partial charge in [0.25, 0.3) is 11.5 Å². The van der Waals surface area contributed by atoms with Crippen LogP contribution in [-0.2, 0) is 12.1 Å². The van der Waals surface area contributed by atoms with Gasteiger partial charge in [0, 0.05) is 12.5 Å². The Morgan fingerprint density at radius 2 is 1.63 bits per heavy atom. The smallest absolute Gasteiger partial charge is 0.291 e. The molecule has 0 spiro atoms. The first-order chi connectivity index (χ1) is 12.4. The van der Waals surface area contributed by atoms with Crippen LogP contribution in [0.25, 0.3) is 11.0 Å². The summed E-state index contributed by atoms with van der Waals surface area (Å²) >= 11 is 0. The van der Waals surface area contributed by atoms with Gasteiger partial charge in [0.2, 0.25) is 0 Å². The molecule has 0 fully saturated rings. The third-order valence-corrected chi connectivity index (χ3v) is 4.13. The van der Waals surface area contributed by atoms with Gasteiger partial charge in [-0.2, -0.15) is 18.3 Å². The Labute approximate surface area is 147 Å². The second-order valence-electron chi connectivity index (χ2n) is 6.11. The van der Waals surface area contributed by atoms with Gasteiger partial charge in [-0.1, -0.05) is 24.3 Å². The Kier molecular flexibility index (Phi) is 4.20. The van der Waals surface area contributed by atoms with Gasteiger partial charge < -0.3 is 0 Å². The van der Waals surface area contributed by atoms with E-state index in [1.165, 1.54) is 19.1 Å². The van der Waals surface area contributed by atoms with Crippen molar-refractivity contribution in [1.29, 1.82) is 0 Å². The van der Waals surface area contributed by atoms with Crippen molar-refractivity contribution in [2.75, 3.05) is 0 Å². The molecule has 2 heterocycles. The van der Waals surface area contributed by atoms with Crippen LogP contribution in [0.2, 0.25) is 0 Å². The van der Waals surface area contributed by atoms with Crippen LogP contribution in [0.3, 0.4) is 0 Å². The van der Waals surface area contributed by atoms with E-state index >= 15 is 0 Å². The number of alkyl halides is 5. The van der Waals surface area contributed by atoms with E-state index in [9.17, 15) is 31.5 Å². The van der Waals surface area contributed by atoms with Crippen molar-refractivity contribution >= 4 is 11.0 Å². The van der Waals surface area contributed by atoms with E-state index in [2.05, 4.69) is 10.1 Å². The molecule has 0 amide bonds. The number of nitrogens with one attached hydrogen (secondary N) is 2. The highest BCUT2D eigenvalue weighted by molar-refractivity contribution is 5.77. The molecule has 6 nitrogen and oxygen atoms in total. The number of hydrogen-bond acceptors (Lipinski definition) is 3. The summed E-state index contributed by atoms with van der Waals surface area (Å²) in [5.74, 6) is -3.07. The fraction of sp³-hybridized carbons (Fsp3) is 0.312. The molecule has 3 aromatic rings. The summed E-state index contributed by atoms with van der Waals surface area (Å²) in [6.07, 6.45) is -4.93. The van der Waals surface area contributed by atoms with Gasteiger partial charge in [0.05, 0.1) is 6.04 Å². The topological polar surface area (TPSA) is 83.5 Å². The van der Waals surface area contributed by atoms with Crippen molar-refractivity contribution < 1.29 is 22.0 Å². The maximum atomic E-state index is 13.3. The zero-order valence-electron chi connectivity index (χ0n) is 14.0. The van der Waals surface area contributed by atoms with Crippen molar-refractivity contribution in [1.82, 2.24) is 19.7 Å². The van der Waals surface area contributed by atoms with Gasteiger partial charge in [-0.3, -0.25) is 14.8 Å². The van der Waals surface area contributed by atoms with Crippen LogP contribution in [0.5, 0.6) is 0 Å². The number of aromatic amines is 2. The molecule has 0 aliphatic rings. The van der Waals surface area contributed by atoms with Crippen LogP contribution < -0.4 is 11.2 Å². The quantitative estimate of drug-likeness (QED) is 0.676. The Bertz CT molecular complexity index is 1100. The van der Waals surface area contributed by atoms with Gasteiger partial charge in [0.15, 0.2) is 5.69 Å². The highest BCUT2D eigenvalue weighted by Crippen LogP contribution is 2.34. The number of hydrogen-bond donors (Lipinski definition) is 2. The van der Waals surface area contributed by atoms with Crippen LogP contribution in [-0.4, -0.2) is 19.7 Å². The molecule has 144 valence electrons. The van der Waals surface area contributed by atoms with Crippen LogP contribution in [0.15, 0.2) is 33.9 Å². The molecule has 0 saturated heterocycles. The van der Waals surface area contributed by atoms with E-state index in [1.54, 1.807) is 4.98 Å². The molecule has 2 N–H and O–H groups in total. The molecule has 0 aliphatic carbocycles. The van der Waals surface area contributed by atoms with Crippen molar-refractivity contribution in [2.45, 2.75) is 32.0 Å².